The van der Waals surface area contributed by atoms with Gasteiger partial charge in [-0.3, -0.25) is 10.1 Å². The Bertz CT molecular complexity index is 492. The van der Waals surface area contributed by atoms with Crippen LogP contribution in [0.15, 0.2) is 11.1 Å². The molecule has 0 radical (unpaired) electrons. The standard InChI is InChI=1S/C14H21N3O4/c1-8(9(2)13(19)20)12(18)16-14(21)15-11-7-17-5-3-10(11)4-6-17/h10-11H,3-7H2,1-2H3,(H,19,20)(H2,15,16,18,21). The third kappa shape index (κ3) is 3.60. The van der Waals surface area contributed by atoms with Crippen LogP contribution in [0.4, 0.5) is 4.79 Å². The van der Waals surface area contributed by atoms with E-state index in [2.05, 4.69) is 15.5 Å². The van der Waals surface area contributed by atoms with E-state index < -0.39 is 17.9 Å². The first-order valence-corrected chi connectivity index (χ1v) is 7.13. The summed E-state index contributed by atoms with van der Waals surface area (Å²) < 4.78 is 0. The van der Waals surface area contributed by atoms with E-state index >= 15 is 0 Å². The molecule has 3 saturated heterocycles. The fraction of sp³-hybridized carbons (Fsp3) is 0.643. The molecule has 7 nitrogen and oxygen atoms in total. The van der Waals surface area contributed by atoms with E-state index in [0.29, 0.717) is 5.92 Å². The number of piperidine rings is 3. The summed E-state index contributed by atoms with van der Waals surface area (Å²) in [6.07, 6.45) is 2.13. The first-order chi connectivity index (χ1) is 9.88. The maximum atomic E-state index is 11.9. The molecule has 1 atom stereocenters. The normalized spacial score (nSPS) is 28.6. The Morgan fingerprint density at radius 3 is 2.19 bits per heavy atom. The van der Waals surface area contributed by atoms with Gasteiger partial charge in [0.05, 0.1) is 0 Å². The van der Waals surface area contributed by atoms with Gasteiger partial charge in [-0.25, -0.2) is 9.59 Å². The SMILES string of the molecule is CC(C(=O)O)=C(C)C(=O)NC(=O)NC1CN2CCC1CC2. The quantitative estimate of drug-likeness (QED) is 0.652. The molecule has 3 N–H and O–H groups in total. The van der Waals surface area contributed by atoms with Crippen molar-refractivity contribution in [3.63, 3.8) is 0 Å². The average Bonchev–Trinajstić information content (AvgIpc) is 2.46. The lowest BCUT2D eigenvalue weighted by molar-refractivity contribution is -0.133. The first-order valence-electron chi connectivity index (χ1n) is 7.13. The number of nitrogens with one attached hydrogen (secondary N) is 2. The van der Waals surface area contributed by atoms with E-state index in [0.717, 1.165) is 32.5 Å². The van der Waals surface area contributed by atoms with Crippen LogP contribution in [0.25, 0.3) is 0 Å². The summed E-state index contributed by atoms with van der Waals surface area (Å²) in [5, 5.41) is 13.8. The Morgan fingerprint density at radius 2 is 1.71 bits per heavy atom. The van der Waals surface area contributed by atoms with Crippen molar-refractivity contribution in [3.05, 3.63) is 11.1 Å². The lowest BCUT2D eigenvalue weighted by Gasteiger charge is -2.44. The molecule has 0 aromatic rings. The van der Waals surface area contributed by atoms with Crippen molar-refractivity contribution in [3.8, 4) is 0 Å². The molecule has 3 aliphatic heterocycles. The molecule has 21 heavy (non-hydrogen) atoms. The van der Waals surface area contributed by atoms with Gasteiger partial charge in [-0.05, 0) is 45.7 Å². The van der Waals surface area contributed by atoms with Gasteiger partial charge in [-0.15, -0.1) is 0 Å². The summed E-state index contributed by atoms with van der Waals surface area (Å²) in [6, 6.07) is -0.499. The number of amides is 3. The van der Waals surface area contributed by atoms with Crippen LogP contribution < -0.4 is 10.6 Å². The van der Waals surface area contributed by atoms with Crippen LogP contribution in [0.5, 0.6) is 0 Å². The molecule has 3 rings (SSSR count). The Labute approximate surface area is 123 Å². The summed E-state index contributed by atoms with van der Waals surface area (Å²) in [4.78, 5) is 36.7. The summed E-state index contributed by atoms with van der Waals surface area (Å²) in [7, 11) is 0. The second-order valence-corrected chi connectivity index (χ2v) is 5.73. The molecule has 3 heterocycles. The highest BCUT2D eigenvalue weighted by molar-refractivity contribution is 6.07. The van der Waals surface area contributed by atoms with Gasteiger partial charge in [-0.1, -0.05) is 0 Å². The van der Waals surface area contributed by atoms with Crippen LogP contribution in [0.2, 0.25) is 0 Å². The van der Waals surface area contributed by atoms with E-state index in [1.807, 2.05) is 0 Å². The third-order valence-corrected chi connectivity index (χ3v) is 4.42. The summed E-state index contributed by atoms with van der Waals surface area (Å²) in [6.45, 7) is 5.68. The summed E-state index contributed by atoms with van der Waals surface area (Å²) >= 11 is 0. The molecule has 0 aromatic heterocycles. The largest absolute Gasteiger partial charge is 0.478 e. The lowest BCUT2D eigenvalue weighted by Crippen LogP contribution is -2.59. The first kappa shape index (κ1) is 15.5. The Balaban J connectivity index is 1.89. The Hall–Kier alpha value is -1.89. The summed E-state index contributed by atoms with van der Waals surface area (Å²) in [5.74, 6) is -1.37. The van der Waals surface area contributed by atoms with Crippen LogP contribution in [0.1, 0.15) is 26.7 Å². The van der Waals surface area contributed by atoms with Gasteiger partial charge in [-0.2, -0.15) is 0 Å². The number of fused-ring (bicyclic) bond motifs is 3. The second-order valence-electron chi connectivity index (χ2n) is 5.73. The topological polar surface area (TPSA) is 98.7 Å². The predicted octanol–water partition coefficient (Wildman–Crippen LogP) is 0.327. The number of hydrogen-bond donors (Lipinski definition) is 3. The second kappa shape index (κ2) is 6.26. The third-order valence-electron chi connectivity index (χ3n) is 4.42. The molecule has 3 amide bonds. The number of carbonyl (C=O) groups excluding carboxylic acids is 2. The molecular weight excluding hydrogens is 274 g/mol. The van der Waals surface area contributed by atoms with E-state index in [-0.39, 0.29) is 17.2 Å². The van der Waals surface area contributed by atoms with Gasteiger partial charge >= 0.3 is 12.0 Å². The molecule has 2 bridgehead atoms. The maximum Gasteiger partial charge on any atom is 0.331 e. The molecule has 0 aromatic carbocycles. The molecule has 0 spiro atoms. The zero-order valence-electron chi connectivity index (χ0n) is 12.3. The van der Waals surface area contributed by atoms with Gasteiger partial charge in [0.15, 0.2) is 0 Å². The van der Waals surface area contributed by atoms with Crippen LogP contribution in [0, 0.1) is 5.92 Å². The van der Waals surface area contributed by atoms with Crippen molar-refractivity contribution in [2.45, 2.75) is 32.7 Å². The number of carboxylic acids is 1. The highest BCUT2D eigenvalue weighted by atomic mass is 16.4. The van der Waals surface area contributed by atoms with Crippen molar-refractivity contribution < 1.29 is 19.5 Å². The molecular formula is C14H21N3O4. The molecule has 3 aliphatic rings. The van der Waals surface area contributed by atoms with E-state index in [4.69, 9.17) is 5.11 Å². The number of carbonyl (C=O) groups is 3. The highest BCUT2D eigenvalue weighted by Gasteiger charge is 2.35. The minimum Gasteiger partial charge on any atom is -0.478 e. The maximum absolute atomic E-state index is 11.9. The fourth-order valence-corrected chi connectivity index (χ4v) is 2.86. The van der Waals surface area contributed by atoms with Crippen LogP contribution >= 0.6 is 0 Å². The van der Waals surface area contributed by atoms with Crippen LogP contribution in [-0.4, -0.2) is 53.6 Å². The number of hydrogen-bond acceptors (Lipinski definition) is 4. The highest BCUT2D eigenvalue weighted by Crippen LogP contribution is 2.27. The van der Waals surface area contributed by atoms with Crippen molar-refractivity contribution in [2.24, 2.45) is 5.92 Å². The number of aliphatic carboxylic acids is 1. The van der Waals surface area contributed by atoms with E-state index in [1.165, 1.54) is 13.8 Å². The van der Waals surface area contributed by atoms with Crippen molar-refractivity contribution >= 4 is 17.9 Å². The Morgan fingerprint density at radius 1 is 1.10 bits per heavy atom. The molecule has 0 saturated carbocycles. The monoisotopic (exact) mass is 295 g/mol. The van der Waals surface area contributed by atoms with Gasteiger partial charge in [0.2, 0.25) is 0 Å². The molecule has 7 heteroatoms. The minimum absolute atomic E-state index is 0.0339. The number of carboxylic acid groups (broad SMARTS) is 1. The van der Waals surface area contributed by atoms with Crippen molar-refractivity contribution in [1.29, 1.82) is 0 Å². The van der Waals surface area contributed by atoms with Gasteiger partial charge in [0.25, 0.3) is 5.91 Å². The number of imide groups is 1. The average molecular weight is 295 g/mol. The Kier molecular flexibility index (Phi) is 4.62. The van der Waals surface area contributed by atoms with Crippen molar-refractivity contribution in [2.75, 3.05) is 19.6 Å². The number of nitrogens with zero attached hydrogens (tertiary/aromatic N) is 1. The molecule has 1 unspecified atom stereocenters. The van der Waals surface area contributed by atoms with Crippen LogP contribution in [-0.2, 0) is 9.59 Å². The van der Waals surface area contributed by atoms with Crippen molar-refractivity contribution in [1.82, 2.24) is 15.5 Å². The smallest absolute Gasteiger partial charge is 0.331 e. The molecule has 3 fully saturated rings. The zero-order valence-corrected chi connectivity index (χ0v) is 12.3. The van der Waals surface area contributed by atoms with E-state index in [1.54, 1.807) is 0 Å². The summed E-state index contributed by atoms with van der Waals surface area (Å²) in [5.41, 5.74) is -0.0327. The fourth-order valence-electron chi connectivity index (χ4n) is 2.86. The zero-order chi connectivity index (χ0) is 15.6. The van der Waals surface area contributed by atoms with E-state index in [9.17, 15) is 14.4 Å². The predicted molar refractivity (Wildman–Crippen MR) is 75.6 cm³/mol. The molecule has 0 aliphatic carbocycles. The lowest BCUT2D eigenvalue weighted by atomic mass is 9.84. The van der Waals surface area contributed by atoms with Gasteiger partial charge in [0, 0.05) is 23.7 Å². The number of urea groups is 1. The van der Waals surface area contributed by atoms with Crippen LogP contribution in [0.3, 0.4) is 0 Å². The molecule has 116 valence electrons. The van der Waals surface area contributed by atoms with Gasteiger partial charge in [0.1, 0.15) is 0 Å². The minimum atomic E-state index is -1.17. The van der Waals surface area contributed by atoms with Gasteiger partial charge < -0.3 is 15.3 Å². The number of rotatable bonds is 3.